The van der Waals surface area contributed by atoms with E-state index in [4.69, 9.17) is 19.3 Å². The zero-order valence-electron chi connectivity index (χ0n) is 18.8. The van der Waals surface area contributed by atoms with Crippen LogP contribution in [0, 0.1) is 5.92 Å². The standard InChI is InChI=1S/C27H26N2O5/c30-24(18-34-27(31)23-17-32-14-15-33-23)29-26(20-10-5-2-6-11-20)22-13-7-12-21(25(22)28-29)16-19-8-3-1-4-9-19/h1-6,8-11,16-17,22,26H,7,12-15,18H2/b21-16-. The van der Waals surface area contributed by atoms with Crippen LogP contribution in [0.5, 0.6) is 0 Å². The Morgan fingerprint density at radius 1 is 1.06 bits per heavy atom. The maximum Gasteiger partial charge on any atom is 0.377 e. The molecule has 2 unspecified atom stereocenters. The van der Waals surface area contributed by atoms with Gasteiger partial charge in [0.05, 0.1) is 11.8 Å². The number of nitrogens with zero attached hydrogens (tertiary/aromatic N) is 2. The van der Waals surface area contributed by atoms with E-state index < -0.39 is 12.6 Å². The SMILES string of the molecule is O=C(OCC(=O)N1N=C2/C(=C\c3ccccc3)CCCC2C1c1ccccc1)C1=COCCO1. The van der Waals surface area contributed by atoms with Crippen LogP contribution < -0.4 is 0 Å². The number of hydrogen-bond acceptors (Lipinski definition) is 6. The molecule has 1 saturated carbocycles. The van der Waals surface area contributed by atoms with Crippen molar-refractivity contribution >= 4 is 23.7 Å². The summed E-state index contributed by atoms with van der Waals surface area (Å²) >= 11 is 0. The molecule has 7 nitrogen and oxygen atoms in total. The minimum absolute atomic E-state index is 0.0341. The predicted molar refractivity (Wildman–Crippen MR) is 126 cm³/mol. The highest BCUT2D eigenvalue weighted by molar-refractivity contribution is 6.08. The van der Waals surface area contributed by atoms with E-state index in [0.29, 0.717) is 6.61 Å². The molecule has 1 aliphatic carbocycles. The molecule has 2 aromatic carbocycles. The third-order valence-electron chi connectivity index (χ3n) is 6.22. The summed E-state index contributed by atoms with van der Waals surface area (Å²) in [7, 11) is 0. The van der Waals surface area contributed by atoms with Crippen LogP contribution in [0.15, 0.2) is 83.4 Å². The number of fused-ring (bicyclic) bond motifs is 1. The van der Waals surface area contributed by atoms with E-state index in [1.54, 1.807) is 0 Å². The monoisotopic (exact) mass is 458 g/mol. The number of carbonyl (C=O) groups excluding carboxylic acids is 2. The molecule has 2 heterocycles. The molecule has 2 atom stereocenters. The topological polar surface area (TPSA) is 77.4 Å². The summed E-state index contributed by atoms with van der Waals surface area (Å²) in [6, 6.07) is 19.8. The van der Waals surface area contributed by atoms with Crippen molar-refractivity contribution in [2.75, 3.05) is 19.8 Å². The van der Waals surface area contributed by atoms with Crippen LogP contribution in [0.1, 0.15) is 36.4 Å². The first-order valence-electron chi connectivity index (χ1n) is 11.5. The van der Waals surface area contributed by atoms with Gasteiger partial charge in [-0.15, -0.1) is 0 Å². The van der Waals surface area contributed by atoms with Gasteiger partial charge in [-0.1, -0.05) is 60.7 Å². The van der Waals surface area contributed by atoms with Crippen LogP contribution in [-0.4, -0.2) is 42.4 Å². The quantitative estimate of drug-likeness (QED) is 0.627. The Kier molecular flexibility index (Phi) is 6.42. The first-order valence-corrected chi connectivity index (χ1v) is 11.5. The van der Waals surface area contributed by atoms with Gasteiger partial charge >= 0.3 is 5.97 Å². The van der Waals surface area contributed by atoms with Gasteiger partial charge < -0.3 is 14.2 Å². The summed E-state index contributed by atoms with van der Waals surface area (Å²) in [5, 5.41) is 6.31. The molecule has 1 fully saturated rings. The lowest BCUT2D eigenvalue weighted by atomic mass is 9.77. The van der Waals surface area contributed by atoms with Gasteiger partial charge in [0.15, 0.2) is 6.61 Å². The van der Waals surface area contributed by atoms with Crippen molar-refractivity contribution in [3.05, 3.63) is 89.4 Å². The van der Waals surface area contributed by atoms with E-state index in [1.165, 1.54) is 11.3 Å². The predicted octanol–water partition coefficient (Wildman–Crippen LogP) is 4.24. The van der Waals surface area contributed by atoms with Crippen LogP contribution >= 0.6 is 0 Å². The number of allylic oxidation sites excluding steroid dienone is 1. The fraction of sp³-hybridized carbons (Fsp3) is 0.296. The number of carbonyl (C=O) groups is 2. The van der Waals surface area contributed by atoms with Crippen LogP contribution in [-0.2, 0) is 23.8 Å². The van der Waals surface area contributed by atoms with Gasteiger partial charge in [-0.3, -0.25) is 4.79 Å². The summed E-state index contributed by atoms with van der Waals surface area (Å²) in [4.78, 5) is 25.5. The minimum Gasteiger partial charge on any atom is -0.493 e. The van der Waals surface area contributed by atoms with Crippen molar-refractivity contribution in [2.45, 2.75) is 25.3 Å². The van der Waals surface area contributed by atoms with Crippen molar-refractivity contribution < 1.29 is 23.8 Å². The smallest absolute Gasteiger partial charge is 0.377 e. The summed E-state index contributed by atoms with van der Waals surface area (Å²) in [6.45, 7) is 0.215. The fourth-order valence-electron chi connectivity index (χ4n) is 4.68. The number of hydrogen-bond donors (Lipinski definition) is 0. The molecule has 5 rings (SSSR count). The number of benzene rings is 2. The fourth-order valence-corrected chi connectivity index (χ4v) is 4.68. The molecule has 0 N–H and O–H groups in total. The van der Waals surface area contributed by atoms with E-state index in [1.807, 2.05) is 48.5 Å². The van der Waals surface area contributed by atoms with Crippen LogP contribution in [0.4, 0.5) is 0 Å². The van der Waals surface area contributed by atoms with Crippen molar-refractivity contribution in [1.82, 2.24) is 5.01 Å². The number of hydrazone groups is 1. The molecule has 1 amide bonds. The van der Waals surface area contributed by atoms with E-state index in [9.17, 15) is 9.59 Å². The van der Waals surface area contributed by atoms with Crippen molar-refractivity contribution in [3.63, 3.8) is 0 Å². The first-order chi connectivity index (χ1) is 16.7. The zero-order chi connectivity index (χ0) is 23.3. The molecule has 3 aliphatic rings. The number of esters is 1. The molecule has 34 heavy (non-hydrogen) atoms. The first kappa shape index (κ1) is 21.9. The third-order valence-corrected chi connectivity index (χ3v) is 6.22. The molecule has 174 valence electrons. The molecule has 0 aromatic heterocycles. The largest absolute Gasteiger partial charge is 0.493 e. The van der Waals surface area contributed by atoms with E-state index in [-0.39, 0.29) is 30.2 Å². The molecular weight excluding hydrogens is 432 g/mol. The number of amides is 1. The van der Waals surface area contributed by atoms with Gasteiger partial charge in [-0.25, -0.2) is 9.80 Å². The Hall–Kier alpha value is -3.87. The summed E-state index contributed by atoms with van der Waals surface area (Å²) < 4.78 is 15.6. The lowest BCUT2D eigenvalue weighted by Crippen LogP contribution is -2.34. The van der Waals surface area contributed by atoms with Crippen LogP contribution in [0.3, 0.4) is 0 Å². The number of rotatable bonds is 5. The Labute approximate surface area is 198 Å². The molecular formula is C27H26N2O5. The normalized spacial score (nSPS) is 22.7. The third kappa shape index (κ3) is 4.59. The summed E-state index contributed by atoms with van der Waals surface area (Å²) in [6.07, 6.45) is 6.25. The molecule has 0 radical (unpaired) electrons. The Balaban J connectivity index is 1.41. The molecule has 0 spiro atoms. The van der Waals surface area contributed by atoms with Gasteiger partial charge in [0.1, 0.15) is 19.5 Å². The molecule has 2 aromatic rings. The lowest BCUT2D eigenvalue weighted by Gasteiger charge is -2.29. The van der Waals surface area contributed by atoms with Gasteiger partial charge in [0, 0.05) is 5.92 Å². The zero-order valence-corrected chi connectivity index (χ0v) is 18.8. The van der Waals surface area contributed by atoms with Gasteiger partial charge in [-0.2, -0.15) is 5.10 Å². The molecule has 0 saturated heterocycles. The molecule has 2 aliphatic heterocycles. The second-order valence-corrected chi connectivity index (χ2v) is 8.44. The average Bonchev–Trinajstić information content (AvgIpc) is 3.29. The molecule has 0 bridgehead atoms. The summed E-state index contributed by atoms with van der Waals surface area (Å²) in [5.41, 5.74) is 4.21. The van der Waals surface area contributed by atoms with Gasteiger partial charge in [-0.05, 0) is 42.0 Å². The lowest BCUT2D eigenvalue weighted by molar-refractivity contribution is -0.153. The van der Waals surface area contributed by atoms with Gasteiger partial charge in [0.25, 0.3) is 5.91 Å². The Morgan fingerprint density at radius 3 is 2.56 bits per heavy atom. The highest BCUT2D eigenvalue weighted by Crippen LogP contribution is 2.44. The van der Waals surface area contributed by atoms with Crippen molar-refractivity contribution in [2.24, 2.45) is 11.0 Å². The number of ether oxygens (including phenoxy) is 3. The van der Waals surface area contributed by atoms with Crippen molar-refractivity contribution in [3.8, 4) is 0 Å². The molecule has 7 heteroatoms. The maximum atomic E-state index is 13.3. The van der Waals surface area contributed by atoms with E-state index >= 15 is 0 Å². The van der Waals surface area contributed by atoms with Crippen molar-refractivity contribution in [1.29, 1.82) is 0 Å². The average molecular weight is 459 g/mol. The second-order valence-electron chi connectivity index (χ2n) is 8.44. The second kappa shape index (κ2) is 9.95. The maximum absolute atomic E-state index is 13.3. The van der Waals surface area contributed by atoms with E-state index in [0.717, 1.165) is 41.7 Å². The highest BCUT2D eigenvalue weighted by atomic mass is 16.6. The minimum atomic E-state index is -0.724. The highest BCUT2D eigenvalue weighted by Gasteiger charge is 2.43. The van der Waals surface area contributed by atoms with Crippen LogP contribution in [0.2, 0.25) is 0 Å². The summed E-state index contributed by atoms with van der Waals surface area (Å²) in [5.74, 6) is -1.05. The Bertz CT molecular complexity index is 1140. The van der Waals surface area contributed by atoms with E-state index in [2.05, 4.69) is 18.2 Å². The van der Waals surface area contributed by atoms with Gasteiger partial charge in [0.2, 0.25) is 5.76 Å². The Morgan fingerprint density at radius 2 is 1.82 bits per heavy atom. The van der Waals surface area contributed by atoms with Crippen LogP contribution in [0.25, 0.3) is 6.08 Å².